The van der Waals surface area contributed by atoms with Crippen LogP contribution in [0.4, 0.5) is 23.2 Å². The summed E-state index contributed by atoms with van der Waals surface area (Å²) in [7, 11) is 1.14. The van der Waals surface area contributed by atoms with Gasteiger partial charge in [-0.25, -0.2) is 9.18 Å². The smallest absolute Gasteiger partial charge is 0.417 e. The molecule has 4 aromatic rings. The van der Waals surface area contributed by atoms with Gasteiger partial charge in [0.15, 0.2) is 5.78 Å². The number of alkyl halides is 3. The summed E-state index contributed by atoms with van der Waals surface area (Å²) in [6.45, 7) is 0. The summed E-state index contributed by atoms with van der Waals surface area (Å²) in [5.74, 6) is -2.70. The van der Waals surface area contributed by atoms with E-state index in [1.807, 2.05) is 0 Å². The summed E-state index contributed by atoms with van der Waals surface area (Å²) < 4.78 is 60.0. The third kappa shape index (κ3) is 3.83. The SMILES string of the molecule is COC(=O)c1ccc(-c2n[nH]c3c(C(=O)c4c(Cl)cccc4C(F)(F)F)c(N)cnc23)c(F)c1. The van der Waals surface area contributed by atoms with Crippen LogP contribution in [0, 0.1) is 5.82 Å². The van der Waals surface area contributed by atoms with Gasteiger partial charge in [0.25, 0.3) is 0 Å². The van der Waals surface area contributed by atoms with Crippen molar-refractivity contribution in [3.05, 3.63) is 75.7 Å². The molecule has 0 aliphatic rings. The highest BCUT2D eigenvalue weighted by Crippen LogP contribution is 2.38. The minimum absolute atomic E-state index is 0.0251. The minimum Gasteiger partial charge on any atom is -0.465 e. The first-order valence-corrected chi connectivity index (χ1v) is 9.83. The third-order valence-electron chi connectivity index (χ3n) is 5.03. The van der Waals surface area contributed by atoms with Crippen LogP contribution in [0.5, 0.6) is 0 Å². The molecule has 0 radical (unpaired) electrons. The highest BCUT2D eigenvalue weighted by molar-refractivity contribution is 6.36. The van der Waals surface area contributed by atoms with Crippen molar-refractivity contribution < 1.29 is 31.9 Å². The van der Waals surface area contributed by atoms with Crippen molar-refractivity contribution in [2.45, 2.75) is 6.18 Å². The van der Waals surface area contributed by atoms with E-state index in [0.29, 0.717) is 0 Å². The van der Waals surface area contributed by atoms with E-state index in [4.69, 9.17) is 17.3 Å². The molecule has 0 unspecified atom stereocenters. The van der Waals surface area contributed by atoms with Gasteiger partial charge in [-0.2, -0.15) is 18.3 Å². The Bertz CT molecular complexity index is 1470. The fourth-order valence-corrected chi connectivity index (χ4v) is 3.74. The molecule has 0 aliphatic carbocycles. The van der Waals surface area contributed by atoms with Crippen LogP contribution in [0.3, 0.4) is 0 Å². The molecule has 174 valence electrons. The van der Waals surface area contributed by atoms with E-state index in [9.17, 15) is 27.2 Å². The molecule has 34 heavy (non-hydrogen) atoms. The Hall–Kier alpha value is -3.99. The number of fused-ring (bicyclic) bond motifs is 1. The summed E-state index contributed by atoms with van der Waals surface area (Å²) in [4.78, 5) is 29.0. The number of rotatable bonds is 4. The molecule has 3 N–H and O–H groups in total. The Balaban J connectivity index is 1.90. The van der Waals surface area contributed by atoms with Crippen LogP contribution in [-0.4, -0.2) is 34.0 Å². The average Bonchev–Trinajstić information content (AvgIpc) is 3.20. The normalized spacial score (nSPS) is 11.6. The van der Waals surface area contributed by atoms with Crippen molar-refractivity contribution in [3.8, 4) is 11.3 Å². The number of ketones is 1. The first-order valence-electron chi connectivity index (χ1n) is 9.45. The number of anilines is 1. The number of H-pyrrole nitrogens is 1. The monoisotopic (exact) mass is 492 g/mol. The van der Waals surface area contributed by atoms with Crippen LogP contribution in [0.2, 0.25) is 5.02 Å². The molecule has 0 bridgehead atoms. The van der Waals surface area contributed by atoms with Gasteiger partial charge < -0.3 is 10.5 Å². The number of nitrogens with one attached hydrogen (secondary N) is 1. The molecular weight excluding hydrogens is 480 g/mol. The fourth-order valence-electron chi connectivity index (χ4n) is 3.48. The lowest BCUT2D eigenvalue weighted by atomic mass is 9.96. The Morgan fingerprint density at radius 3 is 2.53 bits per heavy atom. The lowest BCUT2D eigenvalue weighted by Crippen LogP contribution is -2.16. The van der Waals surface area contributed by atoms with E-state index in [1.165, 1.54) is 12.1 Å². The molecule has 7 nitrogen and oxygen atoms in total. The number of carbonyl (C=O) groups excluding carboxylic acids is 2. The highest BCUT2D eigenvalue weighted by atomic mass is 35.5. The molecule has 4 rings (SSSR count). The van der Waals surface area contributed by atoms with Crippen LogP contribution in [-0.2, 0) is 10.9 Å². The second kappa shape index (κ2) is 8.41. The Morgan fingerprint density at radius 2 is 1.88 bits per heavy atom. The summed E-state index contributed by atoms with van der Waals surface area (Å²) >= 11 is 5.97. The molecule has 0 spiro atoms. The van der Waals surface area contributed by atoms with Gasteiger partial charge in [0.1, 0.15) is 17.0 Å². The number of nitrogens with zero attached hydrogens (tertiary/aromatic N) is 2. The number of aromatic nitrogens is 3. The maximum absolute atomic E-state index is 14.8. The number of carbonyl (C=O) groups is 2. The summed E-state index contributed by atoms with van der Waals surface area (Å²) in [6.07, 6.45) is -3.81. The zero-order chi connectivity index (χ0) is 24.8. The standard InChI is InChI=1S/C22H13ClF4N4O3/c1-34-21(33)9-5-6-10(13(24)7-9)17-19-18(31-30-17)16(14(28)8-29-19)20(32)15-11(22(25,26)27)3-2-4-12(15)23/h2-8H,28H2,1H3,(H,30,31). The van der Waals surface area contributed by atoms with Gasteiger partial charge in [-0.05, 0) is 30.3 Å². The van der Waals surface area contributed by atoms with E-state index in [2.05, 4.69) is 19.9 Å². The molecule has 0 aliphatic heterocycles. The van der Waals surface area contributed by atoms with Crippen molar-refractivity contribution in [1.29, 1.82) is 0 Å². The number of nitrogens with two attached hydrogens (primary N) is 1. The molecule has 2 aromatic carbocycles. The Labute approximate surface area is 193 Å². The minimum atomic E-state index is -4.86. The van der Waals surface area contributed by atoms with Gasteiger partial charge >= 0.3 is 12.1 Å². The summed E-state index contributed by atoms with van der Waals surface area (Å²) in [6, 6.07) is 6.44. The first-order chi connectivity index (χ1) is 16.0. The van der Waals surface area contributed by atoms with Crippen LogP contribution in [0.25, 0.3) is 22.3 Å². The van der Waals surface area contributed by atoms with Gasteiger partial charge in [0.05, 0.1) is 51.8 Å². The van der Waals surface area contributed by atoms with Crippen molar-refractivity contribution in [2.75, 3.05) is 12.8 Å². The average molecular weight is 493 g/mol. The van der Waals surface area contributed by atoms with Gasteiger partial charge in [-0.1, -0.05) is 17.7 Å². The maximum Gasteiger partial charge on any atom is 0.417 e. The number of hydrogen-bond acceptors (Lipinski definition) is 6. The van der Waals surface area contributed by atoms with E-state index >= 15 is 0 Å². The quantitative estimate of drug-likeness (QED) is 0.235. The van der Waals surface area contributed by atoms with Crippen LogP contribution >= 0.6 is 11.6 Å². The second-order valence-corrected chi connectivity index (χ2v) is 7.47. The van der Waals surface area contributed by atoms with Gasteiger partial charge in [0.2, 0.25) is 0 Å². The summed E-state index contributed by atoms with van der Waals surface area (Å²) in [5.41, 5.74) is 2.98. The number of benzene rings is 2. The number of hydrogen-bond donors (Lipinski definition) is 2. The number of ether oxygens (including phenoxy) is 1. The van der Waals surface area contributed by atoms with Gasteiger partial charge in [-0.3, -0.25) is 14.9 Å². The number of nitrogen functional groups attached to an aromatic ring is 1. The molecular formula is C22H13ClF4N4O3. The molecule has 12 heteroatoms. The Morgan fingerprint density at radius 1 is 1.15 bits per heavy atom. The zero-order valence-electron chi connectivity index (χ0n) is 17.1. The molecule has 0 saturated carbocycles. The fraction of sp³-hybridized carbons (Fsp3) is 0.0909. The largest absolute Gasteiger partial charge is 0.465 e. The number of pyridine rings is 1. The highest BCUT2D eigenvalue weighted by Gasteiger charge is 2.37. The third-order valence-corrected chi connectivity index (χ3v) is 5.35. The molecule has 0 atom stereocenters. The van der Waals surface area contributed by atoms with E-state index < -0.39 is 39.9 Å². The zero-order valence-corrected chi connectivity index (χ0v) is 17.9. The topological polar surface area (TPSA) is 111 Å². The van der Waals surface area contributed by atoms with E-state index in [-0.39, 0.29) is 39.1 Å². The maximum atomic E-state index is 14.8. The van der Waals surface area contributed by atoms with Crippen LogP contribution in [0.15, 0.2) is 42.6 Å². The van der Waals surface area contributed by atoms with Gasteiger partial charge in [0, 0.05) is 5.56 Å². The molecule has 0 saturated heterocycles. The van der Waals surface area contributed by atoms with Crippen LogP contribution < -0.4 is 5.73 Å². The van der Waals surface area contributed by atoms with Crippen molar-refractivity contribution in [3.63, 3.8) is 0 Å². The number of esters is 1. The van der Waals surface area contributed by atoms with Crippen molar-refractivity contribution in [1.82, 2.24) is 15.2 Å². The second-order valence-electron chi connectivity index (χ2n) is 7.06. The molecule has 2 aromatic heterocycles. The lowest BCUT2D eigenvalue weighted by Gasteiger charge is -2.14. The van der Waals surface area contributed by atoms with Gasteiger partial charge in [-0.15, -0.1) is 0 Å². The first kappa shape index (κ1) is 23.2. The van der Waals surface area contributed by atoms with Crippen LogP contribution in [0.1, 0.15) is 31.8 Å². The van der Waals surface area contributed by atoms with Crippen molar-refractivity contribution >= 4 is 40.1 Å². The molecule has 0 fully saturated rings. The lowest BCUT2D eigenvalue weighted by molar-refractivity contribution is -0.137. The predicted molar refractivity (Wildman–Crippen MR) is 115 cm³/mol. The molecule has 2 heterocycles. The summed E-state index contributed by atoms with van der Waals surface area (Å²) in [5, 5.41) is 6.07. The number of aromatic amines is 1. The predicted octanol–water partition coefficient (Wildman–Crippen LogP) is 5.04. The molecule has 0 amide bonds. The van der Waals surface area contributed by atoms with E-state index in [0.717, 1.165) is 37.6 Å². The number of halogens is 5. The number of methoxy groups -OCH3 is 1. The Kier molecular flexibility index (Phi) is 5.74. The van der Waals surface area contributed by atoms with Crippen molar-refractivity contribution in [2.24, 2.45) is 0 Å². The van der Waals surface area contributed by atoms with E-state index in [1.54, 1.807) is 0 Å².